The first-order valence-electron chi connectivity index (χ1n) is 8.85. The lowest BCUT2D eigenvalue weighted by molar-refractivity contribution is 0.584. The number of aryl methyl sites for hydroxylation is 2. The van der Waals surface area contributed by atoms with Gasteiger partial charge in [0.05, 0.1) is 17.2 Å². The maximum atomic E-state index is 12.9. The van der Waals surface area contributed by atoms with Crippen molar-refractivity contribution in [3.8, 4) is 6.07 Å². The first-order valence-corrected chi connectivity index (χ1v) is 10.9. The zero-order valence-corrected chi connectivity index (χ0v) is 17.4. The highest BCUT2D eigenvalue weighted by Gasteiger charge is 2.16. The smallest absolute Gasteiger partial charge is 0.274 e. The van der Waals surface area contributed by atoms with Crippen molar-refractivity contribution in [1.29, 1.82) is 5.26 Å². The molecule has 29 heavy (non-hydrogen) atoms. The third-order valence-electron chi connectivity index (χ3n) is 4.37. The number of halogens is 1. The van der Waals surface area contributed by atoms with Gasteiger partial charge in [-0.1, -0.05) is 12.1 Å². The number of aromatic nitrogens is 4. The van der Waals surface area contributed by atoms with Crippen LogP contribution >= 0.6 is 11.6 Å². The Hall–Kier alpha value is -2.83. The third-order valence-corrected chi connectivity index (χ3v) is 6.06. The normalized spacial score (nSPS) is 11.7. The van der Waals surface area contributed by atoms with Gasteiger partial charge in [0.25, 0.3) is 5.56 Å². The Balaban J connectivity index is 1.90. The highest BCUT2D eigenvalue weighted by molar-refractivity contribution is 7.91. The summed E-state index contributed by atoms with van der Waals surface area (Å²) in [7, 11) is -3.60. The van der Waals surface area contributed by atoms with E-state index in [9.17, 15) is 13.2 Å². The predicted molar refractivity (Wildman–Crippen MR) is 109 cm³/mol. The van der Waals surface area contributed by atoms with E-state index in [4.69, 9.17) is 16.9 Å². The van der Waals surface area contributed by atoms with Gasteiger partial charge in [-0.05, 0) is 56.0 Å². The van der Waals surface area contributed by atoms with Gasteiger partial charge in [-0.25, -0.2) is 18.4 Å². The number of hydrogen-bond donors (Lipinski definition) is 0. The Morgan fingerprint density at radius 1 is 1.17 bits per heavy atom. The molecule has 0 saturated heterocycles. The minimum absolute atomic E-state index is 0.0484. The van der Waals surface area contributed by atoms with Crippen molar-refractivity contribution in [3.05, 3.63) is 57.4 Å². The second-order valence-electron chi connectivity index (χ2n) is 6.74. The van der Waals surface area contributed by atoms with Crippen molar-refractivity contribution >= 4 is 32.6 Å². The fraction of sp³-hybridized carbons (Fsp3) is 0.316. The first-order chi connectivity index (χ1) is 13.7. The quantitative estimate of drug-likeness (QED) is 0.550. The molecule has 0 aliphatic heterocycles. The first kappa shape index (κ1) is 20.9. The topological polar surface area (TPSA) is 119 Å². The molecule has 2 heterocycles. The van der Waals surface area contributed by atoms with Crippen molar-refractivity contribution in [1.82, 2.24) is 19.5 Å². The molecule has 10 heteroatoms. The molecule has 0 radical (unpaired) electrons. The van der Waals surface area contributed by atoms with Gasteiger partial charge in [0.1, 0.15) is 17.0 Å². The van der Waals surface area contributed by atoms with Crippen LogP contribution < -0.4 is 5.56 Å². The van der Waals surface area contributed by atoms with Gasteiger partial charge in [-0.2, -0.15) is 10.2 Å². The average Bonchev–Trinajstić information content (AvgIpc) is 2.66. The molecule has 0 bridgehead atoms. The summed E-state index contributed by atoms with van der Waals surface area (Å²) in [6.07, 6.45) is 2.36. The van der Waals surface area contributed by atoms with Crippen molar-refractivity contribution in [2.24, 2.45) is 0 Å². The van der Waals surface area contributed by atoms with Gasteiger partial charge >= 0.3 is 0 Å². The van der Waals surface area contributed by atoms with Crippen molar-refractivity contribution < 1.29 is 8.42 Å². The van der Waals surface area contributed by atoms with E-state index in [-0.39, 0.29) is 21.8 Å². The Kier molecular flexibility index (Phi) is 5.96. The summed E-state index contributed by atoms with van der Waals surface area (Å²) in [5.41, 5.74) is 1.86. The highest BCUT2D eigenvalue weighted by atomic mass is 35.5. The van der Waals surface area contributed by atoms with E-state index in [0.717, 1.165) is 5.56 Å². The summed E-state index contributed by atoms with van der Waals surface area (Å²) >= 11 is 5.87. The molecule has 0 aliphatic rings. The van der Waals surface area contributed by atoms with Crippen LogP contribution in [0.1, 0.15) is 31.1 Å². The van der Waals surface area contributed by atoms with Crippen molar-refractivity contribution in [2.75, 3.05) is 5.75 Å². The Morgan fingerprint density at radius 2 is 1.86 bits per heavy atom. The lowest BCUT2D eigenvalue weighted by atomic mass is 10.1. The minimum atomic E-state index is -3.60. The van der Waals surface area contributed by atoms with E-state index in [1.165, 1.54) is 18.3 Å². The van der Waals surface area contributed by atoms with E-state index < -0.39 is 15.6 Å². The maximum absolute atomic E-state index is 12.9. The molecule has 1 aromatic carbocycles. The zero-order valence-electron chi connectivity index (χ0n) is 15.8. The summed E-state index contributed by atoms with van der Waals surface area (Å²) in [6.45, 7) is 3.75. The lowest BCUT2D eigenvalue weighted by Gasteiger charge is -2.14. The fourth-order valence-corrected chi connectivity index (χ4v) is 3.98. The fourth-order valence-electron chi connectivity index (χ4n) is 2.97. The molecule has 0 fully saturated rings. The van der Waals surface area contributed by atoms with E-state index in [1.54, 1.807) is 22.8 Å². The van der Waals surface area contributed by atoms with Crippen LogP contribution in [0.4, 0.5) is 0 Å². The molecule has 8 nitrogen and oxygen atoms in total. The Labute approximate surface area is 172 Å². The number of fused-ring (bicyclic) bond motifs is 1. The standard InChI is InChI=1S/C19H18ClN5O3S/c1-12(2)25-17-16(11-22-19(20)24-17)23-15(18(25)26)8-5-13-3-6-14(7-4-13)29(27,28)10-9-21/h3-4,6-7,11-12H,5,8,10H2,1-2H3. The van der Waals surface area contributed by atoms with Crippen LogP contribution in [-0.4, -0.2) is 33.7 Å². The van der Waals surface area contributed by atoms with Gasteiger partial charge in [-0.15, -0.1) is 0 Å². The van der Waals surface area contributed by atoms with Gasteiger partial charge in [0, 0.05) is 6.04 Å². The lowest BCUT2D eigenvalue weighted by Crippen LogP contribution is -2.28. The van der Waals surface area contributed by atoms with E-state index in [0.29, 0.717) is 29.7 Å². The van der Waals surface area contributed by atoms with Crippen LogP contribution in [-0.2, 0) is 22.7 Å². The average molecular weight is 432 g/mol. The van der Waals surface area contributed by atoms with Crippen LogP contribution in [0.25, 0.3) is 11.2 Å². The molecule has 0 saturated carbocycles. The number of nitrogens with zero attached hydrogens (tertiary/aromatic N) is 5. The molecule has 2 aromatic heterocycles. The van der Waals surface area contributed by atoms with Gasteiger partial charge in [-0.3, -0.25) is 9.36 Å². The number of rotatable bonds is 6. The second kappa shape index (κ2) is 8.27. The molecule has 0 N–H and O–H groups in total. The van der Waals surface area contributed by atoms with Crippen molar-refractivity contribution in [2.45, 2.75) is 37.6 Å². The zero-order chi connectivity index (χ0) is 21.2. The number of sulfone groups is 1. The molecular formula is C19H18ClN5O3S. The molecule has 0 amide bonds. The summed E-state index contributed by atoms with van der Waals surface area (Å²) in [5.74, 6) is -0.561. The van der Waals surface area contributed by atoms with E-state index in [2.05, 4.69) is 15.0 Å². The van der Waals surface area contributed by atoms with Gasteiger partial charge in [0.15, 0.2) is 15.5 Å². The summed E-state index contributed by atoms with van der Waals surface area (Å²) in [6, 6.07) is 7.81. The Bertz CT molecular complexity index is 1260. The number of benzene rings is 1. The van der Waals surface area contributed by atoms with E-state index in [1.807, 2.05) is 13.8 Å². The predicted octanol–water partition coefficient (Wildman–Crippen LogP) is 2.50. The minimum Gasteiger partial charge on any atom is -0.287 e. The van der Waals surface area contributed by atoms with Crippen LogP contribution in [0.2, 0.25) is 5.28 Å². The van der Waals surface area contributed by atoms with Gasteiger partial charge < -0.3 is 0 Å². The molecule has 3 aromatic rings. The summed E-state index contributed by atoms with van der Waals surface area (Å²) in [4.78, 5) is 25.5. The monoisotopic (exact) mass is 431 g/mol. The molecule has 3 rings (SSSR count). The highest BCUT2D eigenvalue weighted by Crippen LogP contribution is 2.16. The van der Waals surface area contributed by atoms with Crippen LogP contribution in [0, 0.1) is 11.3 Å². The van der Waals surface area contributed by atoms with Crippen molar-refractivity contribution in [3.63, 3.8) is 0 Å². The number of nitriles is 1. The summed E-state index contributed by atoms with van der Waals surface area (Å²) < 4.78 is 25.4. The van der Waals surface area contributed by atoms with E-state index >= 15 is 0 Å². The van der Waals surface area contributed by atoms with Crippen LogP contribution in [0.15, 0.2) is 40.2 Å². The van der Waals surface area contributed by atoms with Crippen LogP contribution in [0.5, 0.6) is 0 Å². The number of hydrogen-bond acceptors (Lipinski definition) is 7. The molecule has 0 atom stereocenters. The molecular weight excluding hydrogens is 414 g/mol. The molecule has 150 valence electrons. The molecule has 0 spiro atoms. The molecule has 0 aliphatic carbocycles. The largest absolute Gasteiger partial charge is 0.287 e. The van der Waals surface area contributed by atoms with Gasteiger partial charge in [0.2, 0.25) is 5.28 Å². The van der Waals surface area contributed by atoms with Crippen LogP contribution in [0.3, 0.4) is 0 Å². The third kappa shape index (κ3) is 4.44. The summed E-state index contributed by atoms with van der Waals surface area (Å²) in [5, 5.41) is 8.67. The molecule has 0 unspecified atom stereocenters. The maximum Gasteiger partial charge on any atom is 0.274 e. The second-order valence-corrected chi connectivity index (χ2v) is 9.06. The SMILES string of the molecule is CC(C)n1c(=O)c(CCc2ccc(S(=O)(=O)CC#N)cc2)nc2cnc(Cl)nc21. The Morgan fingerprint density at radius 3 is 2.48 bits per heavy atom.